The van der Waals surface area contributed by atoms with Crippen LogP contribution in [0.3, 0.4) is 0 Å². The van der Waals surface area contributed by atoms with Crippen LogP contribution < -0.4 is 5.32 Å². The molecular formula is C12H21N5S. The fourth-order valence-electron chi connectivity index (χ4n) is 2.78. The molecule has 0 spiro atoms. The molecule has 1 atom stereocenters. The van der Waals surface area contributed by atoms with Crippen LogP contribution in [0.25, 0.3) is 0 Å². The van der Waals surface area contributed by atoms with Crippen molar-refractivity contribution in [1.82, 2.24) is 25.5 Å². The molecule has 1 aromatic rings. The van der Waals surface area contributed by atoms with Crippen LogP contribution in [0, 0.1) is 5.92 Å². The predicted molar refractivity (Wildman–Crippen MR) is 71.6 cm³/mol. The van der Waals surface area contributed by atoms with Gasteiger partial charge in [0.25, 0.3) is 0 Å². The first kappa shape index (κ1) is 12.4. The molecule has 0 bridgehead atoms. The smallest absolute Gasteiger partial charge is 0.209 e. The lowest BCUT2D eigenvalue weighted by Crippen LogP contribution is -2.30. The van der Waals surface area contributed by atoms with Crippen molar-refractivity contribution in [3.8, 4) is 0 Å². The van der Waals surface area contributed by atoms with Crippen molar-refractivity contribution in [3.63, 3.8) is 0 Å². The molecule has 0 amide bonds. The van der Waals surface area contributed by atoms with Gasteiger partial charge in [-0.2, -0.15) is 0 Å². The van der Waals surface area contributed by atoms with E-state index in [-0.39, 0.29) is 0 Å². The van der Waals surface area contributed by atoms with Crippen LogP contribution in [0.5, 0.6) is 0 Å². The average molecular weight is 267 g/mol. The molecule has 0 aliphatic heterocycles. The van der Waals surface area contributed by atoms with Crippen LogP contribution in [0.4, 0.5) is 0 Å². The summed E-state index contributed by atoms with van der Waals surface area (Å²) in [4.78, 5) is 0. The number of nitrogens with one attached hydrogen (secondary N) is 1. The highest BCUT2D eigenvalue weighted by molar-refractivity contribution is 7.99. The molecule has 2 saturated carbocycles. The third kappa shape index (κ3) is 2.69. The lowest BCUT2D eigenvalue weighted by molar-refractivity contribution is 0.422. The summed E-state index contributed by atoms with van der Waals surface area (Å²) in [7, 11) is 2.06. The quantitative estimate of drug-likeness (QED) is 0.798. The van der Waals surface area contributed by atoms with Crippen molar-refractivity contribution in [2.75, 3.05) is 12.8 Å². The first-order chi connectivity index (χ1) is 8.88. The molecule has 1 aromatic heterocycles. The summed E-state index contributed by atoms with van der Waals surface area (Å²) >= 11 is 1.81. The molecule has 6 heteroatoms. The molecule has 5 nitrogen and oxygen atoms in total. The topological polar surface area (TPSA) is 55.6 Å². The van der Waals surface area contributed by atoms with E-state index in [1.54, 1.807) is 11.8 Å². The van der Waals surface area contributed by atoms with Gasteiger partial charge in [0.2, 0.25) is 5.16 Å². The van der Waals surface area contributed by atoms with E-state index < -0.39 is 0 Å². The number of rotatable bonds is 6. The predicted octanol–water partition coefficient (Wildman–Crippen LogP) is 1.88. The summed E-state index contributed by atoms with van der Waals surface area (Å²) in [6, 6.07) is 1.15. The number of thioether (sulfide) groups is 1. The summed E-state index contributed by atoms with van der Waals surface area (Å²) in [6.07, 6.45) is 7.85. The highest BCUT2D eigenvalue weighted by Crippen LogP contribution is 2.36. The van der Waals surface area contributed by atoms with Crippen molar-refractivity contribution < 1.29 is 0 Å². The molecule has 3 rings (SSSR count). The second-order valence-electron chi connectivity index (χ2n) is 5.39. The number of tetrazole rings is 1. The fourth-order valence-corrected chi connectivity index (χ4v) is 3.96. The van der Waals surface area contributed by atoms with Crippen LogP contribution in [0.1, 0.15) is 44.6 Å². The number of hydrogen-bond acceptors (Lipinski definition) is 5. The van der Waals surface area contributed by atoms with Crippen LogP contribution in [0.15, 0.2) is 5.16 Å². The molecule has 0 aromatic carbocycles. The van der Waals surface area contributed by atoms with Crippen molar-refractivity contribution in [1.29, 1.82) is 0 Å². The van der Waals surface area contributed by atoms with E-state index in [1.165, 1.54) is 38.5 Å². The van der Waals surface area contributed by atoms with Crippen molar-refractivity contribution in [2.45, 2.75) is 55.8 Å². The van der Waals surface area contributed by atoms with Gasteiger partial charge in [0.1, 0.15) is 0 Å². The number of hydrogen-bond donors (Lipinski definition) is 1. The first-order valence-corrected chi connectivity index (χ1v) is 7.95. The minimum Gasteiger partial charge on any atom is -0.316 e. The molecule has 18 heavy (non-hydrogen) atoms. The van der Waals surface area contributed by atoms with E-state index in [1.807, 2.05) is 0 Å². The zero-order chi connectivity index (χ0) is 12.4. The maximum atomic E-state index is 4.18. The molecule has 100 valence electrons. The van der Waals surface area contributed by atoms with Crippen molar-refractivity contribution in [2.24, 2.45) is 5.92 Å². The molecule has 2 aliphatic carbocycles. The SMILES string of the molecule is CNC(CSc1nnnn1C1CCCC1)C1CC1. The highest BCUT2D eigenvalue weighted by Gasteiger charge is 2.30. The van der Waals surface area contributed by atoms with Crippen LogP contribution >= 0.6 is 11.8 Å². The standard InChI is InChI=1S/C12H21N5S/c1-13-11(9-6-7-9)8-18-12-14-15-16-17(12)10-4-2-3-5-10/h9-11,13H,2-8H2,1H3. The Balaban J connectivity index is 1.59. The molecule has 2 aliphatic rings. The highest BCUT2D eigenvalue weighted by atomic mass is 32.2. The third-order valence-corrected chi connectivity index (χ3v) is 5.14. The van der Waals surface area contributed by atoms with Gasteiger partial charge in [0.05, 0.1) is 6.04 Å². The van der Waals surface area contributed by atoms with Gasteiger partial charge >= 0.3 is 0 Å². The Morgan fingerprint density at radius 1 is 1.33 bits per heavy atom. The molecular weight excluding hydrogens is 246 g/mol. The molecule has 1 N–H and O–H groups in total. The van der Waals surface area contributed by atoms with E-state index in [2.05, 4.69) is 32.6 Å². The van der Waals surface area contributed by atoms with Crippen LogP contribution in [0.2, 0.25) is 0 Å². The van der Waals surface area contributed by atoms with Gasteiger partial charge in [0, 0.05) is 11.8 Å². The minimum atomic E-state index is 0.538. The van der Waals surface area contributed by atoms with E-state index in [4.69, 9.17) is 0 Å². The monoisotopic (exact) mass is 267 g/mol. The summed E-state index contributed by atoms with van der Waals surface area (Å²) < 4.78 is 2.05. The zero-order valence-electron chi connectivity index (χ0n) is 10.9. The minimum absolute atomic E-state index is 0.538. The Morgan fingerprint density at radius 3 is 2.78 bits per heavy atom. The summed E-state index contributed by atoms with van der Waals surface area (Å²) in [5.41, 5.74) is 0. The van der Waals surface area contributed by atoms with Gasteiger partial charge in [-0.05, 0) is 49.1 Å². The molecule has 0 radical (unpaired) electrons. The molecule has 1 unspecified atom stereocenters. The van der Waals surface area contributed by atoms with Gasteiger partial charge in [-0.15, -0.1) is 5.10 Å². The van der Waals surface area contributed by atoms with Gasteiger partial charge < -0.3 is 5.32 Å². The third-order valence-electron chi connectivity index (χ3n) is 4.09. The lowest BCUT2D eigenvalue weighted by Gasteiger charge is -2.15. The Hall–Kier alpha value is -0.620. The molecule has 2 fully saturated rings. The second-order valence-corrected chi connectivity index (χ2v) is 6.38. The lowest BCUT2D eigenvalue weighted by atomic mass is 10.2. The van der Waals surface area contributed by atoms with Gasteiger partial charge in [0.15, 0.2) is 0 Å². The fraction of sp³-hybridized carbons (Fsp3) is 0.917. The Kier molecular flexibility index (Phi) is 3.84. The van der Waals surface area contributed by atoms with E-state index in [9.17, 15) is 0 Å². The Morgan fingerprint density at radius 2 is 2.11 bits per heavy atom. The van der Waals surface area contributed by atoms with E-state index in [0.717, 1.165) is 16.8 Å². The second kappa shape index (κ2) is 5.57. The zero-order valence-corrected chi connectivity index (χ0v) is 11.7. The average Bonchev–Trinajstić information content (AvgIpc) is 2.92. The largest absolute Gasteiger partial charge is 0.316 e. The Bertz CT molecular complexity index is 384. The van der Waals surface area contributed by atoms with Crippen molar-refractivity contribution in [3.05, 3.63) is 0 Å². The van der Waals surface area contributed by atoms with Crippen molar-refractivity contribution >= 4 is 11.8 Å². The first-order valence-electron chi connectivity index (χ1n) is 6.96. The van der Waals surface area contributed by atoms with Crippen LogP contribution in [-0.2, 0) is 0 Å². The van der Waals surface area contributed by atoms with Gasteiger partial charge in [-0.25, -0.2) is 4.68 Å². The maximum absolute atomic E-state index is 4.18. The Labute approximate surface area is 112 Å². The van der Waals surface area contributed by atoms with Crippen LogP contribution in [-0.4, -0.2) is 39.0 Å². The molecule has 0 saturated heterocycles. The van der Waals surface area contributed by atoms with E-state index >= 15 is 0 Å². The number of nitrogens with zero attached hydrogens (tertiary/aromatic N) is 4. The summed E-state index contributed by atoms with van der Waals surface area (Å²) in [5.74, 6) is 1.95. The maximum Gasteiger partial charge on any atom is 0.209 e. The summed E-state index contributed by atoms with van der Waals surface area (Å²) in [6.45, 7) is 0. The number of aromatic nitrogens is 4. The molecule has 1 heterocycles. The van der Waals surface area contributed by atoms with E-state index in [0.29, 0.717) is 12.1 Å². The van der Waals surface area contributed by atoms with Gasteiger partial charge in [-0.3, -0.25) is 0 Å². The van der Waals surface area contributed by atoms with Gasteiger partial charge in [-0.1, -0.05) is 24.6 Å². The summed E-state index contributed by atoms with van der Waals surface area (Å²) in [5, 5.41) is 16.6. The normalized spacial score (nSPS) is 22.5.